The summed E-state index contributed by atoms with van der Waals surface area (Å²) in [6, 6.07) is 7.65. The molecule has 0 aliphatic heterocycles. The largest absolute Gasteiger partial charge is 0.397 e. The van der Waals surface area contributed by atoms with Gasteiger partial charge in [-0.25, -0.2) is 13.6 Å². The number of nitrogens with zero attached hydrogens (tertiary/aromatic N) is 1. The number of carbonyl (C=O) groups excluding carboxylic acids is 2. The van der Waals surface area contributed by atoms with E-state index < -0.39 is 15.8 Å². The summed E-state index contributed by atoms with van der Waals surface area (Å²) in [5, 5.41) is 8.42. The van der Waals surface area contributed by atoms with Crippen LogP contribution in [0.1, 0.15) is 38.3 Å². The Morgan fingerprint density at radius 1 is 1.00 bits per heavy atom. The predicted molar refractivity (Wildman–Crippen MR) is 112 cm³/mol. The molecule has 1 aliphatic rings. The number of primary sulfonamides is 1. The Morgan fingerprint density at radius 3 is 2.07 bits per heavy atom. The van der Waals surface area contributed by atoms with E-state index in [1.807, 2.05) is 0 Å². The van der Waals surface area contributed by atoms with Gasteiger partial charge in [-0.1, -0.05) is 24.3 Å². The molecular formula is C20H25N4O4S+. The maximum Gasteiger partial charge on any atom is 0.240 e. The molecule has 2 aromatic carbocycles. The SMILES string of the molecule is C[N+](C)(C)CCCNc1cc(S(N)(=O)=O)c(N)c2c1C(=O)c1ccccc1C2=O. The summed E-state index contributed by atoms with van der Waals surface area (Å²) in [4.78, 5) is 25.8. The minimum atomic E-state index is -4.19. The second-order valence-corrected chi connectivity index (χ2v) is 9.66. The summed E-state index contributed by atoms with van der Waals surface area (Å²) in [5.74, 6) is -0.871. The Bertz CT molecular complexity index is 1120. The van der Waals surface area contributed by atoms with Crippen LogP contribution in [0.2, 0.25) is 0 Å². The topological polar surface area (TPSA) is 132 Å². The van der Waals surface area contributed by atoms with Gasteiger partial charge in [0.2, 0.25) is 10.0 Å². The number of nitrogens with one attached hydrogen (secondary N) is 1. The van der Waals surface area contributed by atoms with Gasteiger partial charge in [0.25, 0.3) is 0 Å². The summed E-state index contributed by atoms with van der Waals surface area (Å²) in [6.45, 7) is 1.35. The molecule has 1 aliphatic carbocycles. The number of fused-ring (bicyclic) bond motifs is 2. The molecule has 0 amide bonds. The lowest BCUT2D eigenvalue weighted by Gasteiger charge is -2.25. The number of sulfonamides is 1. The van der Waals surface area contributed by atoms with Gasteiger partial charge in [-0.3, -0.25) is 9.59 Å². The van der Waals surface area contributed by atoms with Crippen LogP contribution in [0, 0.1) is 0 Å². The molecule has 0 saturated heterocycles. The third-order valence-corrected chi connectivity index (χ3v) is 5.78. The van der Waals surface area contributed by atoms with Crippen molar-refractivity contribution in [1.29, 1.82) is 0 Å². The van der Waals surface area contributed by atoms with Gasteiger partial charge in [-0.2, -0.15) is 0 Å². The highest BCUT2D eigenvalue weighted by Crippen LogP contribution is 2.38. The van der Waals surface area contributed by atoms with Gasteiger partial charge in [-0.15, -0.1) is 0 Å². The molecule has 0 aromatic heterocycles. The van der Waals surface area contributed by atoms with E-state index in [-0.39, 0.29) is 44.3 Å². The van der Waals surface area contributed by atoms with E-state index in [9.17, 15) is 18.0 Å². The van der Waals surface area contributed by atoms with Crippen molar-refractivity contribution in [3.8, 4) is 0 Å². The lowest BCUT2D eigenvalue weighted by Crippen LogP contribution is -2.36. The van der Waals surface area contributed by atoms with Crippen LogP contribution in [0.15, 0.2) is 35.2 Å². The number of anilines is 2. The summed E-state index contributed by atoms with van der Waals surface area (Å²) in [5.41, 5.74) is 6.39. The van der Waals surface area contributed by atoms with Gasteiger partial charge in [0, 0.05) is 29.8 Å². The number of carbonyl (C=O) groups is 2. The fraction of sp³-hybridized carbons (Fsp3) is 0.300. The summed E-state index contributed by atoms with van der Waals surface area (Å²) < 4.78 is 24.9. The van der Waals surface area contributed by atoms with Crippen molar-refractivity contribution in [3.05, 3.63) is 52.6 Å². The van der Waals surface area contributed by atoms with Crippen LogP contribution < -0.4 is 16.2 Å². The molecule has 0 saturated carbocycles. The van der Waals surface area contributed by atoms with Crippen LogP contribution in [0.25, 0.3) is 0 Å². The second kappa shape index (κ2) is 7.25. The summed E-state index contributed by atoms with van der Waals surface area (Å²) in [6.07, 6.45) is 0.770. The van der Waals surface area contributed by atoms with E-state index in [2.05, 4.69) is 26.5 Å². The number of rotatable bonds is 6. The molecule has 0 unspecified atom stereocenters. The number of nitrogen functional groups attached to an aromatic ring is 1. The maximum atomic E-state index is 13.1. The average molecular weight is 418 g/mol. The first-order valence-electron chi connectivity index (χ1n) is 9.14. The Morgan fingerprint density at radius 2 is 1.55 bits per heavy atom. The first kappa shape index (κ1) is 21.0. The Labute approximate surface area is 170 Å². The van der Waals surface area contributed by atoms with Crippen molar-refractivity contribution in [1.82, 2.24) is 0 Å². The normalized spacial score (nSPS) is 13.8. The van der Waals surface area contributed by atoms with E-state index in [0.29, 0.717) is 6.54 Å². The molecule has 3 rings (SSSR count). The zero-order chi connectivity index (χ0) is 21.6. The van der Waals surface area contributed by atoms with Gasteiger partial charge in [-0.05, 0) is 6.07 Å². The third-order valence-electron chi connectivity index (χ3n) is 4.83. The molecule has 0 spiro atoms. The van der Waals surface area contributed by atoms with Gasteiger partial charge in [0.1, 0.15) is 4.90 Å². The van der Waals surface area contributed by atoms with E-state index in [1.54, 1.807) is 18.2 Å². The first-order chi connectivity index (χ1) is 13.4. The van der Waals surface area contributed by atoms with Crippen molar-refractivity contribution in [3.63, 3.8) is 0 Å². The minimum Gasteiger partial charge on any atom is -0.397 e. The van der Waals surface area contributed by atoms with Crippen LogP contribution in [0.4, 0.5) is 11.4 Å². The average Bonchev–Trinajstić information content (AvgIpc) is 2.62. The standard InChI is InChI=1S/C20H24N4O4S/c1-24(2,3)10-6-9-23-14-11-15(29(22,27)28)18(21)17-16(14)19(25)12-7-4-5-8-13(12)20(17)26/h4-5,7-8,11H,6,9-10H2,1-3H3,(H4-,21,22,23,25,26,27,28)/p+1. The molecule has 2 aromatic rings. The van der Waals surface area contributed by atoms with Crippen molar-refractivity contribution in [2.24, 2.45) is 5.14 Å². The lowest BCUT2D eigenvalue weighted by molar-refractivity contribution is -0.870. The Balaban J connectivity index is 2.14. The molecule has 0 bridgehead atoms. The van der Waals surface area contributed by atoms with Gasteiger partial charge >= 0.3 is 0 Å². The van der Waals surface area contributed by atoms with Gasteiger partial charge in [0.15, 0.2) is 11.6 Å². The number of hydrogen-bond acceptors (Lipinski definition) is 6. The number of benzene rings is 2. The zero-order valence-electron chi connectivity index (χ0n) is 16.7. The minimum absolute atomic E-state index is 0.0869. The van der Waals surface area contributed by atoms with E-state index in [1.165, 1.54) is 12.1 Å². The van der Waals surface area contributed by atoms with Crippen LogP contribution in [-0.2, 0) is 10.0 Å². The fourth-order valence-corrected chi connectivity index (χ4v) is 4.14. The lowest BCUT2D eigenvalue weighted by atomic mass is 9.82. The molecule has 0 fully saturated rings. The molecule has 154 valence electrons. The molecule has 8 nitrogen and oxygen atoms in total. The van der Waals surface area contributed by atoms with Gasteiger partial charge in [0.05, 0.1) is 44.5 Å². The predicted octanol–water partition coefficient (Wildman–Crippen LogP) is 1.20. The van der Waals surface area contributed by atoms with E-state index >= 15 is 0 Å². The highest BCUT2D eigenvalue weighted by Gasteiger charge is 2.36. The molecule has 5 N–H and O–H groups in total. The first-order valence-corrected chi connectivity index (χ1v) is 10.7. The van der Waals surface area contributed by atoms with Crippen molar-refractivity contribution < 1.29 is 22.5 Å². The van der Waals surface area contributed by atoms with Crippen LogP contribution >= 0.6 is 0 Å². The number of quaternary nitrogens is 1. The number of ketones is 2. The van der Waals surface area contributed by atoms with E-state index in [4.69, 9.17) is 10.9 Å². The maximum absolute atomic E-state index is 13.1. The summed E-state index contributed by atoms with van der Waals surface area (Å²) in [7, 11) is 1.98. The smallest absolute Gasteiger partial charge is 0.240 e. The number of nitrogens with two attached hydrogens (primary N) is 2. The third kappa shape index (κ3) is 4.02. The van der Waals surface area contributed by atoms with Crippen molar-refractivity contribution >= 4 is 33.0 Å². The quantitative estimate of drug-likeness (QED) is 0.314. The van der Waals surface area contributed by atoms with Gasteiger partial charge < -0.3 is 15.5 Å². The Hall–Kier alpha value is -2.75. The molecule has 9 heteroatoms. The van der Waals surface area contributed by atoms with Crippen LogP contribution in [-0.4, -0.2) is 58.7 Å². The fourth-order valence-electron chi connectivity index (χ4n) is 3.44. The molecule has 0 atom stereocenters. The number of hydrogen-bond donors (Lipinski definition) is 3. The zero-order valence-corrected chi connectivity index (χ0v) is 17.5. The van der Waals surface area contributed by atoms with E-state index in [0.717, 1.165) is 17.4 Å². The monoisotopic (exact) mass is 417 g/mol. The van der Waals surface area contributed by atoms with Crippen molar-refractivity contribution in [2.75, 3.05) is 45.3 Å². The van der Waals surface area contributed by atoms with Crippen molar-refractivity contribution in [2.45, 2.75) is 11.3 Å². The molecule has 29 heavy (non-hydrogen) atoms. The summed E-state index contributed by atoms with van der Waals surface area (Å²) >= 11 is 0. The Kier molecular flexibility index (Phi) is 5.24. The van der Waals surface area contributed by atoms with Crippen LogP contribution in [0.3, 0.4) is 0 Å². The molecule has 0 heterocycles. The highest BCUT2D eigenvalue weighted by atomic mass is 32.2. The van der Waals surface area contributed by atoms with Crippen LogP contribution in [0.5, 0.6) is 0 Å². The highest BCUT2D eigenvalue weighted by molar-refractivity contribution is 7.89. The molecular weight excluding hydrogens is 392 g/mol. The second-order valence-electron chi connectivity index (χ2n) is 8.13. The molecule has 0 radical (unpaired) electrons.